The van der Waals surface area contributed by atoms with Crippen molar-refractivity contribution in [3.8, 4) is 0 Å². The minimum atomic E-state index is -0.300. The SMILES string of the molecule is COCc1ccc(CNC(=O)CCCN2C(=O)c3cccc4cccc(c34)C2=O)cc1. The van der Waals surface area contributed by atoms with Crippen molar-refractivity contribution in [3.63, 3.8) is 0 Å². The van der Waals surface area contributed by atoms with E-state index < -0.39 is 0 Å². The molecular weight excluding hydrogens is 392 g/mol. The third-order valence-electron chi connectivity index (χ3n) is 5.47. The van der Waals surface area contributed by atoms with Gasteiger partial charge >= 0.3 is 0 Å². The van der Waals surface area contributed by atoms with Crippen molar-refractivity contribution >= 4 is 28.5 Å². The third kappa shape index (κ3) is 4.34. The molecule has 0 atom stereocenters. The van der Waals surface area contributed by atoms with Gasteiger partial charge in [-0.2, -0.15) is 0 Å². The topological polar surface area (TPSA) is 75.7 Å². The van der Waals surface area contributed by atoms with Crippen molar-refractivity contribution in [3.05, 3.63) is 82.9 Å². The van der Waals surface area contributed by atoms with E-state index in [2.05, 4.69) is 5.32 Å². The average Bonchev–Trinajstić information content (AvgIpc) is 2.79. The summed E-state index contributed by atoms with van der Waals surface area (Å²) in [5.74, 6) is -0.711. The lowest BCUT2D eigenvalue weighted by atomic mass is 9.94. The van der Waals surface area contributed by atoms with E-state index in [1.807, 2.05) is 48.5 Å². The second-order valence-corrected chi connectivity index (χ2v) is 7.60. The number of ether oxygens (including phenoxy) is 1. The molecule has 3 aromatic rings. The number of nitrogens with one attached hydrogen (secondary N) is 1. The smallest absolute Gasteiger partial charge is 0.261 e. The summed E-state index contributed by atoms with van der Waals surface area (Å²) in [5, 5.41) is 4.48. The first kappa shape index (κ1) is 20.8. The first-order chi connectivity index (χ1) is 15.1. The zero-order chi connectivity index (χ0) is 21.8. The Morgan fingerprint density at radius 2 is 1.52 bits per heavy atom. The van der Waals surface area contributed by atoms with Crippen LogP contribution >= 0.6 is 0 Å². The van der Waals surface area contributed by atoms with E-state index >= 15 is 0 Å². The Morgan fingerprint density at radius 1 is 0.903 bits per heavy atom. The lowest BCUT2D eigenvalue weighted by Gasteiger charge is -2.27. The molecule has 0 bridgehead atoms. The first-order valence-electron chi connectivity index (χ1n) is 10.3. The van der Waals surface area contributed by atoms with E-state index in [4.69, 9.17) is 4.74 Å². The third-order valence-corrected chi connectivity index (χ3v) is 5.47. The molecule has 31 heavy (non-hydrogen) atoms. The predicted octanol–water partition coefficient (Wildman–Crippen LogP) is 3.68. The van der Waals surface area contributed by atoms with Crippen molar-refractivity contribution < 1.29 is 19.1 Å². The molecular formula is C25H24N2O4. The first-order valence-corrected chi connectivity index (χ1v) is 10.3. The van der Waals surface area contributed by atoms with Gasteiger partial charge in [-0.3, -0.25) is 19.3 Å². The number of carbonyl (C=O) groups excluding carboxylic acids is 3. The van der Waals surface area contributed by atoms with Crippen LogP contribution in [0.3, 0.4) is 0 Å². The van der Waals surface area contributed by atoms with Crippen LogP contribution in [0.1, 0.15) is 44.7 Å². The molecule has 6 nitrogen and oxygen atoms in total. The highest BCUT2D eigenvalue weighted by atomic mass is 16.5. The van der Waals surface area contributed by atoms with Gasteiger partial charge in [0.1, 0.15) is 0 Å². The molecule has 0 radical (unpaired) electrons. The molecule has 0 aliphatic carbocycles. The van der Waals surface area contributed by atoms with E-state index in [0.29, 0.717) is 36.1 Å². The maximum atomic E-state index is 12.9. The lowest BCUT2D eigenvalue weighted by molar-refractivity contribution is -0.121. The number of benzene rings is 3. The maximum absolute atomic E-state index is 12.9. The van der Waals surface area contributed by atoms with Crippen LogP contribution < -0.4 is 5.32 Å². The van der Waals surface area contributed by atoms with Gasteiger partial charge in [0.2, 0.25) is 5.91 Å². The van der Waals surface area contributed by atoms with Crippen LogP contribution in [-0.2, 0) is 22.7 Å². The standard InChI is InChI=1S/C25H24N2O4/c1-31-16-18-12-10-17(11-13-18)15-26-22(28)9-4-14-27-24(29)20-7-2-5-19-6-3-8-21(23(19)20)25(27)30/h2-3,5-8,10-13H,4,9,14-16H2,1H3,(H,26,28). The largest absolute Gasteiger partial charge is 0.380 e. The van der Waals surface area contributed by atoms with Gasteiger partial charge in [0, 0.05) is 43.1 Å². The van der Waals surface area contributed by atoms with Gasteiger partial charge in [-0.15, -0.1) is 0 Å². The minimum Gasteiger partial charge on any atom is -0.380 e. The quantitative estimate of drug-likeness (QED) is 0.569. The highest BCUT2D eigenvalue weighted by molar-refractivity contribution is 6.25. The summed E-state index contributed by atoms with van der Waals surface area (Å²) >= 11 is 0. The van der Waals surface area contributed by atoms with Gasteiger partial charge in [0.05, 0.1) is 6.61 Å². The maximum Gasteiger partial charge on any atom is 0.261 e. The molecule has 0 unspecified atom stereocenters. The van der Waals surface area contributed by atoms with Crippen LogP contribution in [0.4, 0.5) is 0 Å². The van der Waals surface area contributed by atoms with E-state index in [-0.39, 0.29) is 30.7 Å². The Labute approximate surface area is 180 Å². The number of methoxy groups -OCH3 is 1. The van der Waals surface area contributed by atoms with E-state index in [1.165, 1.54) is 4.90 Å². The Balaban J connectivity index is 1.32. The minimum absolute atomic E-state index is 0.111. The number of imide groups is 1. The van der Waals surface area contributed by atoms with Gasteiger partial charge in [-0.05, 0) is 35.1 Å². The van der Waals surface area contributed by atoms with Gasteiger partial charge < -0.3 is 10.1 Å². The molecule has 0 spiro atoms. The normalized spacial score (nSPS) is 13.0. The summed E-state index contributed by atoms with van der Waals surface area (Å²) in [7, 11) is 1.65. The summed E-state index contributed by atoms with van der Waals surface area (Å²) in [6.07, 6.45) is 0.652. The second kappa shape index (κ2) is 9.10. The number of nitrogens with zero attached hydrogens (tertiary/aromatic N) is 1. The van der Waals surface area contributed by atoms with E-state index in [1.54, 1.807) is 19.2 Å². The van der Waals surface area contributed by atoms with Crippen molar-refractivity contribution in [2.24, 2.45) is 0 Å². The monoisotopic (exact) mass is 416 g/mol. The molecule has 3 aromatic carbocycles. The molecule has 0 saturated heterocycles. The van der Waals surface area contributed by atoms with Crippen LogP contribution in [0.25, 0.3) is 10.8 Å². The molecule has 3 amide bonds. The Hall–Kier alpha value is -3.51. The molecule has 6 heteroatoms. The van der Waals surface area contributed by atoms with Crippen LogP contribution in [-0.4, -0.2) is 36.3 Å². The van der Waals surface area contributed by atoms with Gasteiger partial charge in [-0.25, -0.2) is 0 Å². The summed E-state index contributed by atoms with van der Waals surface area (Å²) in [4.78, 5) is 39.2. The van der Waals surface area contributed by atoms with Crippen LogP contribution in [0.2, 0.25) is 0 Å². The van der Waals surface area contributed by atoms with Crippen molar-refractivity contribution in [1.29, 1.82) is 0 Å². The molecule has 1 N–H and O–H groups in total. The predicted molar refractivity (Wildman–Crippen MR) is 118 cm³/mol. The zero-order valence-corrected chi connectivity index (χ0v) is 17.4. The molecule has 1 aliphatic heterocycles. The fourth-order valence-electron chi connectivity index (χ4n) is 3.89. The van der Waals surface area contributed by atoms with Gasteiger partial charge in [0.15, 0.2) is 0 Å². The van der Waals surface area contributed by atoms with Crippen LogP contribution in [0.15, 0.2) is 60.7 Å². The summed E-state index contributed by atoms with van der Waals surface area (Å²) in [5.41, 5.74) is 3.15. The highest BCUT2D eigenvalue weighted by Gasteiger charge is 2.32. The highest BCUT2D eigenvalue weighted by Crippen LogP contribution is 2.30. The van der Waals surface area contributed by atoms with Crippen molar-refractivity contribution in [2.75, 3.05) is 13.7 Å². The number of carbonyl (C=O) groups is 3. The lowest BCUT2D eigenvalue weighted by Crippen LogP contribution is -2.41. The molecule has 0 saturated carbocycles. The molecule has 1 heterocycles. The molecule has 158 valence electrons. The fourth-order valence-corrected chi connectivity index (χ4v) is 3.89. The summed E-state index contributed by atoms with van der Waals surface area (Å²) < 4.78 is 5.09. The molecule has 0 aromatic heterocycles. The Morgan fingerprint density at radius 3 is 2.13 bits per heavy atom. The Bertz CT molecular complexity index is 1090. The fraction of sp³-hybridized carbons (Fsp3) is 0.240. The average molecular weight is 416 g/mol. The van der Waals surface area contributed by atoms with Crippen molar-refractivity contribution in [1.82, 2.24) is 10.2 Å². The van der Waals surface area contributed by atoms with Gasteiger partial charge in [-0.1, -0.05) is 48.5 Å². The number of hydrogen-bond acceptors (Lipinski definition) is 4. The van der Waals surface area contributed by atoms with Crippen molar-refractivity contribution in [2.45, 2.75) is 26.0 Å². The second-order valence-electron chi connectivity index (χ2n) is 7.60. The molecule has 4 rings (SSSR count). The summed E-state index contributed by atoms with van der Waals surface area (Å²) in [6, 6.07) is 18.8. The Kier molecular flexibility index (Phi) is 6.09. The summed E-state index contributed by atoms with van der Waals surface area (Å²) in [6.45, 7) is 1.20. The van der Waals surface area contributed by atoms with Gasteiger partial charge in [0.25, 0.3) is 11.8 Å². The molecule has 1 aliphatic rings. The zero-order valence-electron chi connectivity index (χ0n) is 17.4. The molecule has 0 fully saturated rings. The van der Waals surface area contributed by atoms with E-state index in [9.17, 15) is 14.4 Å². The van der Waals surface area contributed by atoms with Crippen LogP contribution in [0, 0.1) is 0 Å². The number of rotatable bonds is 8. The number of hydrogen-bond donors (Lipinski definition) is 1. The van der Waals surface area contributed by atoms with Crippen LogP contribution in [0.5, 0.6) is 0 Å². The number of amides is 3. The van der Waals surface area contributed by atoms with E-state index in [0.717, 1.165) is 16.5 Å².